The van der Waals surface area contributed by atoms with Crippen molar-refractivity contribution in [1.82, 2.24) is 4.90 Å². The SMILES string of the molecule is CCC(CN)C(CC)N(C)C. The zero-order valence-corrected chi connectivity index (χ0v) is 8.30. The van der Waals surface area contributed by atoms with E-state index < -0.39 is 0 Å². The van der Waals surface area contributed by atoms with Crippen molar-refractivity contribution in [3.05, 3.63) is 0 Å². The van der Waals surface area contributed by atoms with E-state index >= 15 is 0 Å². The molecule has 0 fully saturated rings. The minimum atomic E-state index is 0.657. The Balaban J connectivity index is 3.98. The van der Waals surface area contributed by atoms with Crippen LogP contribution < -0.4 is 5.73 Å². The van der Waals surface area contributed by atoms with Crippen LogP contribution in [-0.4, -0.2) is 31.6 Å². The van der Waals surface area contributed by atoms with Gasteiger partial charge in [-0.25, -0.2) is 0 Å². The average molecular weight is 158 g/mol. The predicted molar refractivity (Wildman–Crippen MR) is 50.6 cm³/mol. The molecule has 0 bridgehead atoms. The van der Waals surface area contributed by atoms with Crippen LogP contribution in [0.5, 0.6) is 0 Å². The summed E-state index contributed by atoms with van der Waals surface area (Å²) >= 11 is 0. The van der Waals surface area contributed by atoms with Crippen molar-refractivity contribution in [2.75, 3.05) is 20.6 Å². The summed E-state index contributed by atoms with van der Waals surface area (Å²) in [6.45, 7) is 5.25. The van der Waals surface area contributed by atoms with Crippen molar-refractivity contribution in [2.24, 2.45) is 11.7 Å². The monoisotopic (exact) mass is 158 g/mol. The van der Waals surface area contributed by atoms with E-state index in [2.05, 4.69) is 32.8 Å². The van der Waals surface area contributed by atoms with Crippen molar-refractivity contribution in [1.29, 1.82) is 0 Å². The van der Waals surface area contributed by atoms with Gasteiger partial charge in [-0.05, 0) is 33.0 Å². The Kier molecular flexibility index (Phi) is 5.51. The van der Waals surface area contributed by atoms with Gasteiger partial charge >= 0.3 is 0 Å². The molecular weight excluding hydrogens is 136 g/mol. The summed E-state index contributed by atoms with van der Waals surface area (Å²) in [7, 11) is 4.26. The first-order valence-electron chi connectivity index (χ1n) is 4.53. The highest BCUT2D eigenvalue weighted by Gasteiger charge is 2.17. The highest BCUT2D eigenvalue weighted by molar-refractivity contribution is 4.74. The highest BCUT2D eigenvalue weighted by atomic mass is 15.1. The van der Waals surface area contributed by atoms with Crippen LogP contribution in [0, 0.1) is 5.92 Å². The maximum Gasteiger partial charge on any atom is 0.0127 e. The fraction of sp³-hybridized carbons (Fsp3) is 1.00. The van der Waals surface area contributed by atoms with E-state index in [1.807, 2.05) is 0 Å². The maximum absolute atomic E-state index is 5.67. The van der Waals surface area contributed by atoms with Crippen molar-refractivity contribution < 1.29 is 0 Å². The first-order chi connectivity index (χ1) is 5.17. The van der Waals surface area contributed by atoms with Gasteiger partial charge in [-0.15, -0.1) is 0 Å². The average Bonchev–Trinajstić information content (AvgIpc) is 1.99. The largest absolute Gasteiger partial charge is 0.330 e. The second-order valence-corrected chi connectivity index (χ2v) is 3.34. The molecule has 0 aliphatic heterocycles. The van der Waals surface area contributed by atoms with Crippen molar-refractivity contribution >= 4 is 0 Å². The van der Waals surface area contributed by atoms with Crippen LogP contribution in [0.2, 0.25) is 0 Å². The van der Waals surface area contributed by atoms with E-state index in [9.17, 15) is 0 Å². The quantitative estimate of drug-likeness (QED) is 0.653. The van der Waals surface area contributed by atoms with Gasteiger partial charge in [0.25, 0.3) is 0 Å². The van der Waals surface area contributed by atoms with Crippen LogP contribution in [0.4, 0.5) is 0 Å². The van der Waals surface area contributed by atoms with Gasteiger partial charge < -0.3 is 10.6 Å². The Bertz CT molecular complexity index is 87.6. The Hall–Kier alpha value is -0.0800. The number of hydrogen-bond acceptors (Lipinski definition) is 2. The van der Waals surface area contributed by atoms with Crippen molar-refractivity contribution in [2.45, 2.75) is 32.7 Å². The smallest absolute Gasteiger partial charge is 0.0127 e. The number of nitrogens with two attached hydrogens (primary N) is 1. The van der Waals surface area contributed by atoms with Crippen LogP contribution in [0.3, 0.4) is 0 Å². The Morgan fingerprint density at radius 2 is 1.73 bits per heavy atom. The third-order valence-corrected chi connectivity index (χ3v) is 2.45. The standard InChI is InChI=1S/C9H22N2/c1-5-8(7-10)9(6-2)11(3)4/h8-9H,5-7,10H2,1-4H3. The first kappa shape index (κ1) is 10.9. The summed E-state index contributed by atoms with van der Waals surface area (Å²) in [5, 5.41) is 0. The third kappa shape index (κ3) is 3.21. The second kappa shape index (κ2) is 5.56. The molecule has 2 nitrogen and oxygen atoms in total. The van der Waals surface area contributed by atoms with Gasteiger partial charge in [-0.3, -0.25) is 0 Å². The molecule has 0 aromatic heterocycles. The predicted octanol–water partition coefficient (Wildman–Crippen LogP) is 1.31. The Labute approximate surface area is 70.8 Å². The van der Waals surface area contributed by atoms with Gasteiger partial charge in [0.15, 0.2) is 0 Å². The number of hydrogen-bond donors (Lipinski definition) is 1. The molecule has 2 heteroatoms. The van der Waals surface area contributed by atoms with Crippen LogP contribution in [0.25, 0.3) is 0 Å². The van der Waals surface area contributed by atoms with Gasteiger partial charge in [0.05, 0.1) is 0 Å². The molecule has 0 saturated carbocycles. The molecule has 0 radical (unpaired) electrons. The van der Waals surface area contributed by atoms with Gasteiger partial charge in [-0.2, -0.15) is 0 Å². The fourth-order valence-corrected chi connectivity index (χ4v) is 1.72. The van der Waals surface area contributed by atoms with E-state index in [0.29, 0.717) is 12.0 Å². The van der Waals surface area contributed by atoms with Gasteiger partial charge in [0, 0.05) is 6.04 Å². The van der Waals surface area contributed by atoms with Crippen LogP contribution in [0.15, 0.2) is 0 Å². The number of nitrogens with zero attached hydrogens (tertiary/aromatic N) is 1. The van der Waals surface area contributed by atoms with Crippen LogP contribution in [0.1, 0.15) is 26.7 Å². The molecule has 0 aromatic rings. The zero-order chi connectivity index (χ0) is 8.85. The lowest BCUT2D eigenvalue weighted by molar-refractivity contribution is 0.202. The molecular formula is C9H22N2. The lowest BCUT2D eigenvalue weighted by atomic mass is 9.94. The van der Waals surface area contributed by atoms with Crippen molar-refractivity contribution in [3.8, 4) is 0 Å². The normalized spacial score (nSPS) is 16.9. The van der Waals surface area contributed by atoms with Gasteiger partial charge in [0.1, 0.15) is 0 Å². The molecule has 0 spiro atoms. The topological polar surface area (TPSA) is 29.3 Å². The molecule has 68 valence electrons. The number of rotatable bonds is 5. The molecule has 0 rings (SSSR count). The summed E-state index contributed by atoms with van der Waals surface area (Å²) in [4.78, 5) is 2.28. The van der Waals surface area contributed by atoms with E-state index in [1.54, 1.807) is 0 Å². The van der Waals surface area contributed by atoms with Crippen LogP contribution >= 0.6 is 0 Å². The van der Waals surface area contributed by atoms with Crippen LogP contribution in [-0.2, 0) is 0 Å². The van der Waals surface area contributed by atoms with Gasteiger partial charge in [-0.1, -0.05) is 20.3 Å². The summed E-state index contributed by atoms with van der Waals surface area (Å²) < 4.78 is 0. The van der Waals surface area contributed by atoms with Crippen molar-refractivity contribution in [3.63, 3.8) is 0 Å². The summed E-state index contributed by atoms with van der Waals surface area (Å²) in [6, 6.07) is 0.657. The fourth-order valence-electron chi connectivity index (χ4n) is 1.72. The van der Waals surface area contributed by atoms with E-state index in [0.717, 1.165) is 6.54 Å². The summed E-state index contributed by atoms with van der Waals surface area (Å²) in [5.74, 6) is 0.662. The Morgan fingerprint density at radius 1 is 1.18 bits per heavy atom. The molecule has 2 unspecified atom stereocenters. The molecule has 2 N–H and O–H groups in total. The lowest BCUT2D eigenvalue weighted by Gasteiger charge is -2.29. The zero-order valence-electron chi connectivity index (χ0n) is 8.30. The maximum atomic E-state index is 5.67. The van der Waals surface area contributed by atoms with E-state index in [1.165, 1.54) is 12.8 Å². The highest BCUT2D eigenvalue weighted by Crippen LogP contribution is 2.14. The molecule has 0 heterocycles. The molecule has 2 atom stereocenters. The Morgan fingerprint density at radius 3 is 1.82 bits per heavy atom. The lowest BCUT2D eigenvalue weighted by Crippen LogP contribution is -2.38. The van der Waals surface area contributed by atoms with E-state index in [4.69, 9.17) is 5.73 Å². The molecule has 0 amide bonds. The second-order valence-electron chi connectivity index (χ2n) is 3.34. The van der Waals surface area contributed by atoms with E-state index in [-0.39, 0.29) is 0 Å². The van der Waals surface area contributed by atoms with Gasteiger partial charge in [0.2, 0.25) is 0 Å². The third-order valence-electron chi connectivity index (χ3n) is 2.45. The molecule has 11 heavy (non-hydrogen) atoms. The molecule has 0 saturated heterocycles. The summed E-state index contributed by atoms with van der Waals surface area (Å²) in [6.07, 6.45) is 2.38. The minimum Gasteiger partial charge on any atom is -0.330 e. The molecule has 0 aliphatic rings. The molecule has 0 aromatic carbocycles. The minimum absolute atomic E-state index is 0.657. The first-order valence-corrected chi connectivity index (χ1v) is 4.53. The molecule has 0 aliphatic carbocycles. The summed E-state index contributed by atoms with van der Waals surface area (Å²) in [5.41, 5.74) is 5.67.